The molecule has 1 aliphatic rings. The molecule has 0 saturated carbocycles. The molecule has 4 N–H and O–H groups in total. The number of aliphatic carboxylic acids is 1. The third-order valence-corrected chi connectivity index (χ3v) is 3.68. The Balaban J connectivity index is 2.42. The van der Waals surface area contributed by atoms with Crippen LogP contribution in [0.5, 0.6) is 0 Å². The summed E-state index contributed by atoms with van der Waals surface area (Å²) in [6.07, 6.45) is 3.90. The Labute approximate surface area is 111 Å². The van der Waals surface area contributed by atoms with Gasteiger partial charge in [0.2, 0.25) is 0 Å². The Morgan fingerprint density at radius 3 is 2.61 bits per heavy atom. The molecule has 0 bridgehead atoms. The van der Waals surface area contributed by atoms with E-state index in [0.717, 1.165) is 12.8 Å². The number of carboxylic acids is 1. The van der Waals surface area contributed by atoms with E-state index in [9.17, 15) is 9.59 Å². The number of amides is 2. The summed E-state index contributed by atoms with van der Waals surface area (Å²) in [5.41, 5.74) is 5.76. The topological polar surface area (TPSA) is 95.7 Å². The minimum absolute atomic E-state index is 0.154. The molecule has 1 saturated heterocycles. The van der Waals surface area contributed by atoms with Crippen molar-refractivity contribution < 1.29 is 14.7 Å². The normalized spacial score (nSPS) is 18.4. The van der Waals surface area contributed by atoms with E-state index < -0.39 is 12.0 Å². The van der Waals surface area contributed by atoms with Crippen molar-refractivity contribution in [3.63, 3.8) is 0 Å². The maximum atomic E-state index is 11.9. The Morgan fingerprint density at radius 1 is 1.50 bits per heavy atom. The molecular formula is C11H21N3O3S. The summed E-state index contributed by atoms with van der Waals surface area (Å²) < 4.78 is 0. The van der Waals surface area contributed by atoms with Crippen LogP contribution in [0.2, 0.25) is 0 Å². The second-order valence-electron chi connectivity index (χ2n) is 4.45. The number of piperidine rings is 1. The number of hydrogen-bond donors (Lipinski definition) is 3. The number of carboxylic acid groups (broad SMARTS) is 1. The third kappa shape index (κ3) is 4.73. The Bertz CT molecular complexity index is 293. The maximum absolute atomic E-state index is 11.9. The van der Waals surface area contributed by atoms with Crippen molar-refractivity contribution >= 4 is 23.8 Å². The van der Waals surface area contributed by atoms with E-state index in [4.69, 9.17) is 10.8 Å². The minimum atomic E-state index is -0.980. The van der Waals surface area contributed by atoms with Crippen molar-refractivity contribution in [2.45, 2.75) is 31.3 Å². The molecule has 7 heteroatoms. The first kappa shape index (κ1) is 15.1. The number of urea groups is 1. The van der Waals surface area contributed by atoms with E-state index in [2.05, 4.69) is 5.32 Å². The molecule has 0 spiro atoms. The molecule has 1 fully saturated rings. The number of hydrogen-bond acceptors (Lipinski definition) is 4. The van der Waals surface area contributed by atoms with Crippen molar-refractivity contribution in [2.24, 2.45) is 5.73 Å². The van der Waals surface area contributed by atoms with Crippen LogP contribution in [0.3, 0.4) is 0 Å². The van der Waals surface area contributed by atoms with Crippen LogP contribution in [0.1, 0.15) is 19.3 Å². The molecule has 2 amide bonds. The molecule has 18 heavy (non-hydrogen) atoms. The highest BCUT2D eigenvalue weighted by Gasteiger charge is 2.25. The van der Waals surface area contributed by atoms with E-state index in [1.165, 1.54) is 0 Å². The number of thioether (sulfide) groups is 1. The number of nitrogens with two attached hydrogens (primary N) is 1. The van der Waals surface area contributed by atoms with Crippen molar-refractivity contribution in [3.8, 4) is 0 Å². The van der Waals surface area contributed by atoms with E-state index in [0.29, 0.717) is 25.3 Å². The lowest BCUT2D eigenvalue weighted by molar-refractivity contribution is -0.139. The highest BCUT2D eigenvalue weighted by atomic mass is 32.2. The van der Waals surface area contributed by atoms with Gasteiger partial charge in [0, 0.05) is 19.1 Å². The molecule has 6 nitrogen and oxygen atoms in total. The first-order chi connectivity index (χ1) is 8.54. The summed E-state index contributed by atoms with van der Waals surface area (Å²) in [6, 6.07) is -0.947. The number of nitrogens with zero attached hydrogens (tertiary/aromatic N) is 1. The Morgan fingerprint density at radius 2 is 2.11 bits per heavy atom. The molecule has 1 heterocycles. The number of rotatable bonds is 5. The molecule has 0 aromatic heterocycles. The lowest BCUT2D eigenvalue weighted by Gasteiger charge is -2.31. The van der Waals surface area contributed by atoms with E-state index in [1.54, 1.807) is 16.7 Å². The van der Waals surface area contributed by atoms with Gasteiger partial charge in [0.05, 0.1) is 0 Å². The molecule has 0 aliphatic carbocycles. The van der Waals surface area contributed by atoms with Gasteiger partial charge in [-0.3, -0.25) is 0 Å². The summed E-state index contributed by atoms with van der Waals surface area (Å²) in [6.45, 7) is 1.20. The van der Waals surface area contributed by atoms with E-state index in [-0.39, 0.29) is 12.1 Å². The summed E-state index contributed by atoms with van der Waals surface area (Å²) in [5.74, 6) is -0.270. The number of likely N-dealkylation sites (tertiary alicyclic amines) is 1. The fourth-order valence-electron chi connectivity index (χ4n) is 1.84. The summed E-state index contributed by atoms with van der Waals surface area (Å²) in [5, 5.41) is 11.6. The quantitative estimate of drug-likeness (QED) is 0.672. The number of nitrogens with one attached hydrogen (secondary N) is 1. The van der Waals surface area contributed by atoms with Crippen LogP contribution >= 0.6 is 11.8 Å². The lowest BCUT2D eigenvalue weighted by Crippen LogP contribution is -2.51. The smallest absolute Gasteiger partial charge is 0.326 e. The molecule has 0 radical (unpaired) electrons. The van der Waals surface area contributed by atoms with E-state index in [1.807, 2.05) is 6.26 Å². The van der Waals surface area contributed by atoms with Gasteiger partial charge < -0.3 is 21.1 Å². The van der Waals surface area contributed by atoms with Crippen LogP contribution in [0.4, 0.5) is 4.79 Å². The summed E-state index contributed by atoms with van der Waals surface area (Å²) in [7, 11) is 0. The monoisotopic (exact) mass is 275 g/mol. The average Bonchev–Trinajstić information content (AvgIpc) is 2.34. The second kappa shape index (κ2) is 7.48. The van der Waals surface area contributed by atoms with Gasteiger partial charge in [0.15, 0.2) is 0 Å². The van der Waals surface area contributed by atoms with Crippen molar-refractivity contribution in [1.29, 1.82) is 0 Å². The fraction of sp³-hybridized carbons (Fsp3) is 0.818. The van der Waals surface area contributed by atoms with Crippen LogP contribution in [0.25, 0.3) is 0 Å². The first-order valence-electron chi connectivity index (χ1n) is 6.07. The molecule has 0 unspecified atom stereocenters. The molecule has 1 aliphatic heterocycles. The van der Waals surface area contributed by atoms with Gasteiger partial charge in [0.25, 0.3) is 0 Å². The lowest BCUT2D eigenvalue weighted by atomic mass is 10.1. The van der Waals surface area contributed by atoms with Crippen LogP contribution in [-0.2, 0) is 4.79 Å². The van der Waals surface area contributed by atoms with Gasteiger partial charge in [0.1, 0.15) is 6.04 Å². The van der Waals surface area contributed by atoms with Crippen molar-refractivity contribution in [3.05, 3.63) is 0 Å². The first-order valence-corrected chi connectivity index (χ1v) is 7.46. The predicted octanol–water partition coefficient (Wildman–Crippen LogP) is 0.325. The zero-order valence-electron chi connectivity index (χ0n) is 10.6. The second-order valence-corrected chi connectivity index (χ2v) is 5.43. The Kier molecular flexibility index (Phi) is 6.28. The van der Waals surface area contributed by atoms with Gasteiger partial charge in [-0.15, -0.1) is 0 Å². The SMILES string of the molecule is CSCC[C@H](NC(=O)N1CCC(N)CC1)C(=O)O. The highest BCUT2D eigenvalue weighted by molar-refractivity contribution is 7.98. The number of carbonyl (C=O) groups excluding carboxylic acids is 1. The zero-order chi connectivity index (χ0) is 13.5. The van der Waals surface area contributed by atoms with Gasteiger partial charge in [-0.1, -0.05) is 0 Å². The molecule has 104 valence electrons. The van der Waals surface area contributed by atoms with Crippen LogP contribution in [-0.4, -0.2) is 59.2 Å². The fourth-order valence-corrected chi connectivity index (χ4v) is 2.31. The largest absolute Gasteiger partial charge is 0.480 e. The molecular weight excluding hydrogens is 254 g/mol. The standard InChI is InChI=1S/C11H21N3O3S/c1-18-7-4-9(10(15)16)13-11(17)14-5-2-8(12)3-6-14/h8-9H,2-7,12H2,1H3,(H,13,17)(H,15,16)/t9-/m0/s1. The van der Waals surface area contributed by atoms with Gasteiger partial charge in [-0.2, -0.15) is 11.8 Å². The minimum Gasteiger partial charge on any atom is -0.480 e. The van der Waals surface area contributed by atoms with Crippen LogP contribution in [0, 0.1) is 0 Å². The van der Waals surface area contributed by atoms with Gasteiger partial charge >= 0.3 is 12.0 Å². The third-order valence-electron chi connectivity index (χ3n) is 3.03. The summed E-state index contributed by atoms with van der Waals surface area (Å²) in [4.78, 5) is 24.5. The highest BCUT2D eigenvalue weighted by Crippen LogP contribution is 2.09. The number of carbonyl (C=O) groups is 2. The average molecular weight is 275 g/mol. The van der Waals surface area contributed by atoms with Crippen molar-refractivity contribution in [2.75, 3.05) is 25.1 Å². The Hall–Kier alpha value is -0.950. The van der Waals surface area contributed by atoms with Crippen LogP contribution in [0.15, 0.2) is 0 Å². The molecule has 0 aromatic carbocycles. The van der Waals surface area contributed by atoms with Gasteiger partial charge in [-0.05, 0) is 31.3 Å². The molecule has 0 aromatic rings. The van der Waals surface area contributed by atoms with Crippen molar-refractivity contribution in [1.82, 2.24) is 10.2 Å². The van der Waals surface area contributed by atoms with Gasteiger partial charge in [-0.25, -0.2) is 9.59 Å². The maximum Gasteiger partial charge on any atom is 0.326 e. The molecule has 1 rings (SSSR count). The predicted molar refractivity (Wildman–Crippen MR) is 71.7 cm³/mol. The van der Waals surface area contributed by atoms with Crippen LogP contribution < -0.4 is 11.1 Å². The van der Waals surface area contributed by atoms with E-state index >= 15 is 0 Å². The molecule has 1 atom stereocenters. The zero-order valence-corrected chi connectivity index (χ0v) is 11.4. The summed E-state index contributed by atoms with van der Waals surface area (Å²) >= 11 is 1.57.